The van der Waals surface area contributed by atoms with Crippen LogP contribution in [0.3, 0.4) is 0 Å². The number of phenolic OH excluding ortho intramolecular Hbond substituents is 7. The summed E-state index contributed by atoms with van der Waals surface area (Å²) >= 11 is 0. The first kappa shape index (κ1) is 34.5. The molecule has 11 nitrogen and oxygen atoms in total. The van der Waals surface area contributed by atoms with Crippen molar-refractivity contribution in [2.75, 3.05) is 0 Å². The second-order valence-corrected chi connectivity index (χ2v) is 13.1. The number of aromatic hydroxyl groups is 8. The molecule has 51 heavy (non-hydrogen) atoms. The van der Waals surface area contributed by atoms with Crippen molar-refractivity contribution in [3.05, 3.63) is 116 Å². The number of hydrogen-bond acceptors (Lipinski definition) is 11. The van der Waals surface area contributed by atoms with Crippen LogP contribution in [0.5, 0.6) is 46.0 Å². The number of phenols is 7. The van der Waals surface area contributed by atoms with Crippen LogP contribution in [0.25, 0.3) is 22.3 Å². The van der Waals surface area contributed by atoms with E-state index in [0.29, 0.717) is 5.56 Å². The third-order valence-corrected chi connectivity index (χ3v) is 9.36. The van der Waals surface area contributed by atoms with E-state index in [1.807, 2.05) is 20.8 Å². The molecule has 1 aliphatic carbocycles. The molecule has 262 valence electrons. The van der Waals surface area contributed by atoms with Gasteiger partial charge >= 0.3 is 0 Å². The summed E-state index contributed by atoms with van der Waals surface area (Å²) in [5, 5.41) is 85.3. The lowest BCUT2D eigenvalue weighted by Gasteiger charge is -2.37. The molecular weight excluding hydrogens is 656 g/mol. The number of carbonyl (C=O) groups is 1. The van der Waals surface area contributed by atoms with E-state index >= 15 is 0 Å². The molecule has 0 fully saturated rings. The minimum absolute atomic E-state index is 0.0930. The lowest BCUT2D eigenvalue weighted by Crippen LogP contribution is -2.31. The molecule has 4 aromatic carbocycles. The summed E-state index contributed by atoms with van der Waals surface area (Å²) in [6, 6.07) is 12.8. The highest BCUT2D eigenvalue weighted by atomic mass is 16.4. The Kier molecular flexibility index (Phi) is 8.90. The van der Waals surface area contributed by atoms with Crippen LogP contribution in [-0.4, -0.2) is 46.6 Å². The highest BCUT2D eigenvalue weighted by Crippen LogP contribution is 2.52. The average Bonchev–Trinajstić information content (AvgIpc) is 3.05. The van der Waals surface area contributed by atoms with Gasteiger partial charge < -0.3 is 45.3 Å². The van der Waals surface area contributed by atoms with Crippen molar-refractivity contribution in [3.8, 4) is 57.3 Å². The van der Waals surface area contributed by atoms with Crippen molar-refractivity contribution in [1.82, 2.24) is 0 Å². The Labute approximate surface area is 291 Å². The van der Waals surface area contributed by atoms with Crippen LogP contribution >= 0.6 is 0 Å². The van der Waals surface area contributed by atoms with Gasteiger partial charge in [0.2, 0.25) is 11.2 Å². The maximum absolute atomic E-state index is 14.8. The zero-order valence-electron chi connectivity index (χ0n) is 27.9. The van der Waals surface area contributed by atoms with E-state index in [-0.39, 0.29) is 80.6 Å². The Morgan fingerprint density at radius 2 is 1.49 bits per heavy atom. The first-order chi connectivity index (χ1) is 24.2. The molecular formula is C40H36O11. The first-order valence-corrected chi connectivity index (χ1v) is 16.1. The molecule has 0 saturated heterocycles. The molecule has 0 saturated carbocycles. The quantitative estimate of drug-likeness (QED) is 0.0625. The zero-order chi connectivity index (χ0) is 36.9. The van der Waals surface area contributed by atoms with Gasteiger partial charge in [0, 0.05) is 52.6 Å². The lowest BCUT2D eigenvalue weighted by molar-refractivity contribution is 0.0877. The highest BCUT2D eigenvalue weighted by molar-refractivity contribution is 6.02. The predicted octanol–water partition coefficient (Wildman–Crippen LogP) is 7.33. The number of fused-ring (bicyclic) bond motifs is 1. The van der Waals surface area contributed by atoms with Gasteiger partial charge in [0.15, 0.2) is 11.5 Å². The maximum Gasteiger partial charge on any atom is 0.238 e. The molecule has 3 atom stereocenters. The van der Waals surface area contributed by atoms with Crippen molar-refractivity contribution in [2.24, 2.45) is 5.92 Å². The van der Waals surface area contributed by atoms with Gasteiger partial charge in [0.05, 0.1) is 5.56 Å². The number of Topliss-reactive ketones (excluding diaryl/α,β-unsaturated/α-hetero) is 1. The number of ketones is 1. The van der Waals surface area contributed by atoms with Gasteiger partial charge in [0.1, 0.15) is 51.2 Å². The summed E-state index contributed by atoms with van der Waals surface area (Å²) in [5.41, 5.74) is 1.22. The van der Waals surface area contributed by atoms with E-state index in [9.17, 15) is 50.4 Å². The van der Waals surface area contributed by atoms with Crippen LogP contribution in [0, 0.1) is 5.92 Å². The number of carbonyl (C=O) groups excluding carboxylic acids is 1. The molecule has 0 amide bonds. The molecule has 6 rings (SSSR count). The number of hydrogen-bond donors (Lipinski definition) is 8. The van der Waals surface area contributed by atoms with Gasteiger partial charge in [-0.05, 0) is 75.6 Å². The van der Waals surface area contributed by atoms with Crippen LogP contribution in [0.1, 0.15) is 66.1 Å². The molecule has 8 N–H and O–H groups in total. The molecule has 0 aliphatic heterocycles. The highest BCUT2D eigenvalue weighted by Gasteiger charge is 2.42. The predicted molar refractivity (Wildman–Crippen MR) is 189 cm³/mol. The van der Waals surface area contributed by atoms with Crippen LogP contribution in [0.2, 0.25) is 0 Å². The van der Waals surface area contributed by atoms with Crippen molar-refractivity contribution in [2.45, 2.75) is 45.4 Å². The molecule has 1 aromatic heterocycles. The van der Waals surface area contributed by atoms with E-state index in [1.54, 1.807) is 12.2 Å². The summed E-state index contributed by atoms with van der Waals surface area (Å²) in [4.78, 5) is 27.9. The number of allylic oxidation sites excluding steroid dienone is 4. The Bertz CT molecular complexity index is 2340. The van der Waals surface area contributed by atoms with Crippen molar-refractivity contribution < 1.29 is 50.1 Å². The maximum atomic E-state index is 14.8. The average molecular weight is 693 g/mol. The van der Waals surface area contributed by atoms with Gasteiger partial charge in [-0.3, -0.25) is 9.59 Å². The molecule has 5 aromatic rings. The smallest absolute Gasteiger partial charge is 0.238 e. The monoisotopic (exact) mass is 692 g/mol. The second kappa shape index (κ2) is 13.2. The topological polar surface area (TPSA) is 209 Å². The fourth-order valence-corrected chi connectivity index (χ4v) is 6.93. The summed E-state index contributed by atoms with van der Waals surface area (Å²) < 4.78 is 5.81. The van der Waals surface area contributed by atoms with Gasteiger partial charge in [-0.2, -0.15) is 0 Å². The minimum Gasteiger partial charge on any atom is -0.508 e. The fraction of sp³-hybridized carbons (Fsp3) is 0.200. The van der Waals surface area contributed by atoms with Gasteiger partial charge in [-0.15, -0.1) is 0 Å². The number of benzene rings is 4. The van der Waals surface area contributed by atoms with E-state index in [1.165, 1.54) is 42.5 Å². The van der Waals surface area contributed by atoms with Gasteiger partial charge in [-0.1, -0.05) is 29.4 Å². The van der Waals surface area contributed by atoms with Crippen LogP contribution in [0.15, 0.2) is 93.2 Å². The summed E-state index contributed by atoms with van der Waals surface area (Å²) in [6.07, 6.45) is 4.00. The summed E-state index contributed by atoms with van der Waals surface area (Å²) in [7, 11) is 0. The molecule has 11 heteroatoms. The van der Waals surface area contributed by atoms with Crippen LogP contribution < -0.4 is 5.43 Å². The molecule has 1 heterocycles. The standard InChI is InChI=1S/C40H36O11/c1-18(2)4-7-24-29(43)11-9-25(36(24)47)37(48)34-27(23-8-6-21(41)15-31(23)45)12-19(3)13-28(34)26-14-20(5-10-30(26)44)40-39(50)38(49)35-32(46)16-22(42)17-33(35)51-40/h4-6,8-11,13-17,27-28,34,41-47,50H,7,12H2,1-3H3. The minimum atomic E-state index is -1.09. The van der Waals surface area contributed by atoms with Gasteiger partial charge in [-0.25, -0.2) is 0 Å². The summed E-state index contributed by atoms with van der Waals surface area (Å²) in [5.74, 6) is -6.81. The van der Waals surface area contributed by atoms with E-state index in [4.69, 9.17) is 4.42 Å². The Morgan fingerprint density at radius 1 is 0.784 bits per heavy atom. The third-order valence-electron chi connectivity index (χ3n) is 9.36. The third kappa shape index (κ3) is 6.29. The SMILES string of the molecule is CC(C)=CCc1c(O)ccc(C(=O)C2C(c3cc(-c4oc5cc(O)cc(O)c5c(=O)c4O)ccc3O)C=C(C)CC2c2ccc(O)cc2O)c1O. The van der Waals surface area contributed by atoms with E-state index in [0.717, 1.165) is 29.3 Å². The van der Waals surface area contributed by atoms with E-state index < -0.39 is 46.2 Å². The molecule has 0 spiro atoms. The van der Waals surface area contributed by atoms with Crippen LogP contribution in [0.4, 0.5) is 0 Å². The van der Waals surface area contributed by atoms with Gasteiger partial charge in [0.25, 0.3) is 0 Å². The normalized spacial score (nSPS) is 17.2. The lowest BCUT2D eigenvalue weighted by atomic mass is 9.65. The van der Waals surface area contributed by atoms with E-state index in [2.05, 4.69) is 0 Å². The Morgan fingerprint density at radius 3 is 2.20 bits per heavy atom. The van der Waals surface area contributed by atoms with Crippen molar-refractivity contribution >= 4 is 16.8 Å². The number of rotatable bonds is 7. The largest absolute Gasteiger partial charge is 0.508 e. The zero-order valence-corrected chi connectivity index (χ0v) is 27.9. The first-order valence-electron chi connectivity index (χ1n) is 16.1. The molecule has 0 bridgehead atoms. The molecule has 0 radical (unpaired) electrons. The second-order valence-electron chi connectivity index (χ2n) is 13.1. The van der Waals surface area contributed by atoms with Crippen molar-refractivity contribution in [1.29, 1.82) is 0 Å². The van der Waals surface area contributed by atoms with Crippen LogP contribution in [-0.2, 0) is 6.42 Å². The molecule has 1 aliphatic rings. The molecule has 3 unspecified atom stereocenters. The van der Waals surface area contributed by atoms with Crippen molar-refractivity contribution in [3.63, 3.8) is 0 Å². The Hall–Kier alpha value is -6.36. The summed E-state index contributed by atoms with van der Waals surface area (Å²) in [6.45, 7) is 5.54. The fourth-order valence-electron chi connectivity index (χ4n) is 6.93. The Balaban J connectivity index is 1.56.